The quantitative estimate of drug-likeness (QED) is 0.749. The number of carbonyl (C=O) groups is 2. The van der Waals surface area contributed by atoms with E-state index in [-0.39, 0.29) is 11.7 Å². The first kappa shape index (κ1) is 11.8. The maximum Gasteiger partial charge on any atom is 0.231 e. The predicted molar refractivity (Wildman–Crippen MR) is 67.3 cm³/mol. The highest BCUT2D eigenvalue weighted by Gasteiger charge is 2.24. The minimum absolute atomic E-state index is 0.0912. The number of hydrogen-bond donors (Lipinski definition) is 0. The van der Waals surface area contributed by atoms with Crippen molar-refractivity contribution in [3.63, 3.8) is 0 Å². The molecule has 0 saturated heterocycles. The highest BCUT2D eigenvalue weighted by Crippen LogP contribution is 2.28. The Morgan fingerprint density at radius 3 is 2.76 bits per heavy atom. The molecule has 3 nitrogen and oxygen atoms in total. The monoisotopic (exact) mass is 231 g/mol. The summed E-state index contributed by atoms with van der Waals surface area (Å²) in [5.41, 5.74) is 2.61. The number of carbonyl (C=O) groups excluding carboxylic acids is 2. The fourth-order valence-electron chi connectivity index (χ4n) is 2.13. The molecular formula is C14H17NO2. The lowest BCUT2D eigenvalue weighted by atomic mass is 9.99. The fourth-order valence-corrected chi connectivity index (χ4v) is 2.13. The number of likely N-dealkylation sites (N-methyl/N-ethyl adjacent to an activating group) is 1. The van der Waals surface area contributed by atoms with Crippen molar-refractivity contribution in [1.82, 2.24) is 0 Å². The molecule has 0 bridgehead atoms. The van der Waals surface area contributed by atoms with E-state index in [4.69, 9.17) is 0 Å². The minimum atomic E-state index is 0.0912. The molecule has 3 heteroatoms. The van der Waals surface area contributed by atoms with Crippen molar-refractivity contribution >= 4 is 17.4 Å². The first-order valence-corrected chi connectivity index (χ1v) is 5.91. The molecule has 1 amide bonds. The molecule has 0 unspecified atom stereocenters. The third-order valence-electron chi connectivity index (χ3n) is 3.07. The van der Waals surface area contributed by atoms with Gasteiger partial charge in [-0.15, -0.1) is 0 Å². The number of hydrogen-bond acceptors (Lipinski definition) is 2. The van der Waals surface area contributed by atoms with E-state index in [0.717, 1.165) is 16.8 Å². The lowest BCUT2D eigenvalue weighted by Crippen LogP contribution is -2.20. The topological polar surface area (TPSA) is 37.4 Å². The number of rotatable bonds is 3. The Hall–Kier alpha value is -1.64. The Kier molecular flexibility index (Phi) is 3.01. The Labute approximate surface area is 101 Å². The van der Waals surface area contributed by atoms with E-state index in [0.29, 0.717) is 18.8 Å². The van der Waals surface area contributed by atoms with E-state index < -0.39 is 0 Å². The number of benzene rings is 1. The molecule has 1 heterocycles. The smallest absolute Gasteiger partial charge is 0.231 e. The molecule has 0 aliphatic carbocycles. The van der Waals surface area contributed by atoms with Gasteiger partial charge in [-0.25, -0.2) is 0 Å². The number of nitrogens with zero attached hydrogens (tertiary/aromatic N) is 1. The molecule has 0 saturated carbocycles. The second kappa shape index (κ2) is 4.32. The van der Waals surface area contributed by atoms with Crippen molar-refractivity contribution in [3.8, 4) is 0 Å². The summed E-state index contributed by atoms with van der Waals surface area (Å²) in [5, 5.41) is 0. The minimum Gasteiger partial charge on any atom is -0.315 e. The van der Waals surface area contributed by atoms with Crippen molar-refractivity contribution in [2.75, 3.05) is 11.9 Å². The van der Waals surface area contributed by atoms with Crippen molar-refractivity contribution in [3.05, 3.63) is 29.3 Å². The Morgan fingerprint density at radius 1 is 1.41 bits per heavy atom. The number of Topliss-reactive ketones (excluding diaryl/α,β-unsaturated/α-hetero) is 1. The van der Waals surface area contributed by atoms with Crippen molar-refractivity contribution in [2.45, 2.75) is 26.7 Å². The van der Waals surface area contributed by atoms with Crippen LogP contribution in [-0.4, -0.2) is 18.7 Å². The maximum atomic E-state index is 11.9. The molecule has 0 aromatic heterocycles. The first-order chi connectivity index (χ1) is 7.99. The van der Waals surface area contributed by atoms with Gasteiger partial charge in [-0.1, -0.05) is 13.8 Å². The maximum absolute atomic E-state index is 11.9. The molecule has 0 atom stereocenters. The largest absolute Gasteiger partial charge is 0.315 e. The van der Waals surface area contributed by atoms with Crippen LogP contribution in [0.25, 0.3) is 0 Å². The van der Waals surface area contributed by atoms with Crippen LogP contribution in [0.5, 0.6) is 0 Å². The fraction of sp³-hybridized carbons (Fsp3) is 0.429. The molecule has 1 aliphatic rings. The van der Waals surface area contributed by atoms with Crippen LogP contribution in [0.15, 0.2) is 18.2 Å². The summed E-state index contributed by atoms with van der Waals surface area (Å²) in [4.78, 5) is 25.1. The summed E-state index contributed by atoms with van der Waals surface area (Å²) in [5.74, 6) is 0.610. The SMILES string of the molecule is CC(C)CC(=O)c1ccc2c(c1)CC(=O)N2C. The number of fused-ring (bicyclic) bond motifs is 1. The van der Waals surface area contributed by atoms with Crippen LogP contribution >= 0.6 is 0 Å². The highest BCUT2D eigenvalue weighted by atomic mass is 16.2. The van der Waals surface area contributed by atoms with Crippen molar-refractivity contribution in [1.29, 1.82) is 0 Å². The predicted octanol–water partition coefficient (Wildman–Crippen LogP) is 2.43. The molecule has 0 radical (unpaired) electrons. The van der Waals surface area contributed by atoms with Crippen LogP contribution < -0.4 is 4.90 Å². The van der Waals surface area contributed by atoms with Crippen LogP contribution in [-0.2, 0) is 11.2 Å². The van der Waals surface area contributed by atoms with Gasteiger partial charge < -0.3 is 4.90 Å². The molecule has 1 aromatic rings. The normalized spacial score (nSPS) is 14.4. The van der Waals surface area contributed by atoms with E-state index >= 15 is 0 Å². The molecule has 90 valence electrons. The van der Waals surface area contributed by atoms with Crippen LogP contribution in [0.4, 0.5) is 5.69 Å². The van der Waals surface area contributed by atoms with Gasteiger partial charge in [0.1, 0.15) is 0 Å². The zero-order chi connectivity index (χ0) is 12.6. The third-order valence-corrected chi connectivity index (χ3v) is 3.07. The van der Waals surface area contributed by atoms with Crippen molar-refractivity contribution < 1.29 is 9.59 Å². The third kappa shape index (κ3) is 2.23. The van der Waals surface area contributed by atoms with E-state index in [1.807, 2.05) is 32.0 Å². The van der Waals surface area contributed by atoms with Crippen molar-refractivity contribution in [2.24, 2.45) is 5.92 Å². The summed E-state index contributed by atoms with van der Waals surface area (Å²) in [6.45, 7) is 4.06. The standard InChI is InChI=1S/C14H17NO2/c1-9(2)6-13(16)10-4-5-12-11(7-10)8-14(17)15(12)3/h4-5,7,9H,6,8H2,1-3H3. The van der Waals surface area contributed by atoms with Gasteiger partial charge >= 0.3 is 0 Å². The van der Waals surface area contributed by atoms with Gasteiger partial charge in [0.15, 0.2) is 5.78 Å². The van der Waals surface area contributed by atoms with Gasteiger partial charge in [-0.2, -0.15) is 0 Å². The van der Waals surface area contributed by atoms with E-state index in [1.54, 1.807) is 11.9 Å². The molecule has 2 rings (SSSR count). The lowest BCUT2D eigenvalue weighted by Gasteiger charge is -2.10. The van der Waals surface area contributed by atoms with Crippen LogP contribution in [0.3, 0.4) is 0 Å². The second-order valence-corrected chi connectivity index (χ2v) is 4.99. The van der Waals surface area contributed by atoms with Gasteiger partial charge in [0, 0.05) is 24.7 Å². The Morgan fingerprint density at radius 2 is 2.12 bits per heavy atom. The molecule has 0 spiro atoms. The number of anilines is 1. The molecule has 0 N–H and O–H groups in total. The molecule has 1 aliphatic heterocycles. The van der Waals surface area contributed by atoms with Gasteiger partial charge in [-0.05, 0) is 29.7 Å². The summed E-state index contributed by atoms with van der Waals surface area (Å²) in [7, 11) is 1.77. The van der Waals surface area contributed by atoms with Gasteiger partial charge in [0.2, 0.25) is 5.91 Å². The average molecular weight is 231 g/mol. The molecule has 17 heavy (non-hydrogen) atoms. The molecular weight excluding hydrogens is 214 g/mol. The van der Waals surface area contributed by atoms with Gasteiger partial charge in [0.05, 0.1) is 6.42 Å². The first-order valence-electron chi connectivity index (χ1n) is 5.91. The van der Waals surface area contributed by atoms with E-state index in [1.165, 1.54) is 0 Å². The number of ketones is 1. The Balaban J connectivity index is 2.27. The zero-order valence-corrected chi connectivity index (χ0v) is 10.5. The summed E-state index contributed by atoms with van der Waals surface area (Å²) < 4.78 is 0. The van der Waals surface area contributed by atoms with E-state index in [9.17, 15) is 9.59 Å². The average Bonchev–Trinajstić information content (AvgIpc) is 2.53. The van der Waals surface area contributed by atoms with E-state index in [2.05, 4.69) is 0 Å². The van der Waals surface area contributed by atoms with Crippen LogP contribution in [0, 0.1) is 5.92 Å². The summed E-state index contributed by atoms with van der Waals surface area (Å²) in [6, 6.07) is 5.55. The zero-order valence-electron chi connectivity index (χ0n) is 10.5. The van der Waals surface area contributed by atoms with Gasteiger partial charge in [0.25, 0.3) is 0 Å². The van der Waals surface area contributed by atoms with Crippen LogP contribution in [0.1, 0.15) is 36.2 Å². The molecule has 0 fully saturated rings. The number of amides is 1. The summed E-state index contributed by atoms with van der Waals surface area (Å²) >= 11 is 0. The lowest BCUT2D eigenvalue weighted by molar-refractivity contribution is -0.117. The molecule has 1 aromatic carbocycles. The van der Waals surface area contributed by atoms with Gasteiger partial charge in [-0.3, -0.25) is 9.59 Å². The second-order valence-electron chi connectivity index (χ2n) is 4.99. The van der Waals surface area contributed by atoms with Crippen LogP contribution in [0.2, 0.25) is 0 Å². The Bertz CT molecular complexity index is 477. The summed E-state index contributed by atoms with van der Waals surface area (Å²) in [6.07, 6.45) is 0.969. The highest BCUT2D eigenvalue weighted by molar-refractivity contribution is 6.03.